The van der Waals surface area contributed by atoms with Gasteiger partial charge in [-0.1, -0.05) is 18.7 Å². The van der Waals surface area contributed by atoms with Crippen molar-refractivity contribution in [1.82, 2.24) is 30.8 Å². The number of nitrogens with zero attached hydrogens (tertiary/aromatic N) is 4. The second-order valence-electron chi connectivity index (χ2n) is 3.79. The summed E-state index contributed by atoms with van der Waals surface area (Å²) in [4.78, 5) is 33.9. The third-order valence-electron chi connectivity index (χ3n) is 2.13. The Hall–Kier alpha value is -2.17. The summed E-state index contributed by atoms with van der Waals surface area (Å²) in [6, 6.07) is -0.545. The lowest BCUT2D eigenvalue weighted by Gasteiger charge is -2.05. The Morgan fingerprint density at radius 2 is 2.14 bits per heavy atom. The first kappa shape index (κ1) is 16.9. The highest BCUT2D eigenvalue weighted by Crippen LogP contribution is 2.12. The Labute approximate surface area is 125 Å². The number of hydrogen-bond acceptors (Lipinski definition) is 8. The largest absolute Gasteiger partial charge is 0.468 e. The van der Waals surface area contributed by atoms with E-state index in [1.54, 1.807) is 0 Å². The average molecular weight is 316 g/mol. The van der Waals surface area contributed by atoms with Gasteiger partial charge in [0.15, 0.2) is 0 Å². The molecule has 0 aliphatic carbocycles. The van der Waals surface area contributed by atoms with Crippen molar-refractivity contribution in [3.05, 3.63) is 0 Å². The first-order valence-electron chi connectivity index (χ1n) is 6.10. The molecule has 0 fully saturated rings. The molecule has 1 aromatic heterocycles. The molecule has 10 nitrogen and oxygen atoms in total. The number of tetrazole rings is 1. The maximum Gasteiger partial charge on any atom is 0.327 e. The van der Waals surface area contributed by atoms with Gasteiger partial charge in [-0.25, -0.2) is 9.48 Å². The van der Waals surface area contributed by atoms with E-state index in [-0.39, 0.29) is 17.5 Å². The van der Waals surface area contributed by atoms with Crippen LogP contribution in [0.4, 0.5) is 4.79 Å². The monoisotopic (exact) mass is 316 g/mol. The predicted molar refractivity (Wildman–Crippen MR) is 72.4 cm³/mol. The van der Waals surface area contributed by atoms with E-state index in [1.165, 1.54) is 11.8 Å². The topological polar surface area (TPSA) is 128 Å². The fourth-order valence-electron chi connectivity index (χ4n) is 1.16. The molecule has 0 spiro atoms. The Balaban J connectivity index is 2.41. The summed E-state index contributed by atoms with van der Waals surface area (Å²) in [5.41, 5.74) is 0. The number of amides is 3. The first-order chi connectivity index (χ1) is 10.1. The van der Waals surface area contributed by atoms with Crippen LogP contribution in [0, 0.1) is 0 Å². The van der Waals surface area contributed by atoms with E-state index in [0.29, 0.717) is 6.54 Å². The highest BCUT2D eigenvalue weighted by molar-refractivity contribution is 7.99. The van der Waals surface area contributed by atoms with Crippen LogP contribution in [0.1, 0.15) is 13.3 Å². The van der Waals surface area contributed by atoms with Crippen LogP contribution in [-0.4, -0.2) is 57.5 Å². The van der Waals surface area contributed by atoms with Crippen LogP contribution >= 0.6 is 11.8 Å². The van der Waals surface area contributed by atoms with Gasteiger partial charge < -0.3 is 10.1 Å². The number of carbonyl (C=O) groups excluding carboxylic acids is 3. The maximum absolute atomic E-state index is 11.5. The van der Waals surface area contributed by atoms with Crippen molar-refractivity contribution in [2.24, 2.45) is 0 Å². The van der Waals surface area contributed by atoms with Gasteiger partial charge in [0.05, 0.1) is 12.9 Å². The summed E-state index contributed by atoms with van der Waals surface area (Å²) < 4.78 is 5.71. The van der Waals surface area contributed by atoms with E-state index in [2.05, 4.69) is 30.9 Å². The Morgan fingerprint density at radius 3 is 2.81 bits per heavy atom. The summed E-state index contributed by atoms with van der Waals surface area (Å²) in [6.45, 7) is 2.24. The van der Waals surface area contributed by atoms with Gasteiger partial charge in [-0.2, -0.15) is 0 Å². The molecule has 21 heavy (non-hydrogen) atoms. The van der Waals surface area contributed by atoms with E-state index in [4.69, 9.17) is 0 Å². The molecule has 0 saturated carbocycles. The molecule has 0 saturated heterocycles. The number of methoxy groups -OCH3 is 1. The van der Waals surface area contributed by atoms with Crippen LogP contribution in [0.3, 0.4) is 0 Å². The first-order valence-corrected chi connectivity index (χ1v) is 7.08. The second-order valence-corrected chi connectivity index (χ2v) is 4.73. The number of nitrogens with one attached hydrogen (secondary N) is 2. The lowest BCUT2D eigenvalue weighted by molar-refractivity contribution is -0.141. The van der Waals surface area contributed by atoms with Gasteiger partial charge in [0, 0.05) is 6.54 Å². The summed E-state index contributed by atoms with van der Waals surface area (Å²) >= 11 is 1.01. The van der Waals surface area contributed by atoms with Crippen LogP contribution in [0.25, 0.3) is 0 Å². The molecule has 0 aliphatic rings. The van der Waals surface area contributed by atoms with E-state index in [1.807, 2.05) is 6.92 Å². The smallest absolute Gasteiger partial charge is 0.327 e. The van der Waals surface area contributed by atoms with Gasteiger partial charge >= 0.3 is 12.0 Å². The summed E-state index contributed by atoms with van der Waals surface area (Å²) in [7, 11) is 1.25. The lowest BCUT2D eigenvalue weighted by Crippen LogP contribution is -2.40. The van der Waals surface area contributed by atoms with Gasteiger partial charge in [0.2, 0.25) is 11.1 Å². The van der Waals surface area contributed by atoms with Gasteiger partial charge in [-0.3, -0.25) is 14.9 Å². The van der Waals surface area contributed by atoms with Crippen molar-refractivity contribution < 1.29 is 19.1 Å². The van der Waals surface area contributed by atoms with Crippen molar-refractivity contribution in [1.29, 1.82) is 0 Å². The minimum atomic E-state index is -0.545. The minimum Gasteiger partial charge on any atom is -0.468 e. The third kappa shape index (κ3) is 6.21. The van der Waals surface area contributed by atoms with E-state index >= 15 is 0 Å². The highest BCUT2D eigenvalue weighted by atomic mass is 32.2. The summed E-state index contributed by atoms with van der Waals surface area (Å²) in [5, 5.41) is 15.7. The molecule has 1 heterocycles. The normalized spacial score (nSPS) is 10.0. The van der Waals surface area contributed by atoms with E-state index in [0.717, 1.165) is 18.2 Å². The number of hydrogen-bond donors (Lipinski definition) is 2. The van der Waals surface area contributed by atoms with Gasteiger partial charge in [-0.15, -0.1) is 5.10 Å². The lowest BCUT2D eigenvalue weighted by atomic mass is 10.5. The molecule has 0 aromatic carbocycles. The number of aromatic nitrogens is 4. The average Bonchev–Trinajstić information content (AvgIpc) is 2.89. The van der Waals surface area contributed by atoms with Crippen molar-refractivity contribution in [2.75, 3.05) is 19.4 Å². The minimum absolute atomic E-state index is 0.0545. The fraction of sp³-hybridized carbons (Fsp3) is 0.600. The Morgan fingerprint density at radius 1 is 1.38 bits per heavy atom. The molecule has 3 amide bonds. The zero-order valence-electron chi connectivity index (χ0n) is 11.7. The molecule has 0 aliphatic heterocycles. The predicted octanol–water partition coefficient (Wildman–Crippen LogP) is -0.826. The van der Waals surface area contributed by atoms with Crippen molar-refractivity contribution >= 4 is 29.7 Å². The van der Waals surface area contributed by atoms with E-state index < -0.39 is 17.9 Å². The van der Waals surface area contributed by atoms with Crippen LogP contribution in [0.5, 0.6) is 0 Å². The number of imide groups is 1. The number of carbonyl (C=O) groups is 3. The van der Waals surface area contributed by atoms with E-state index in [9.17, 15) is 14.4 Å². The van der Waals surface area contributed by atoms with Crippen LogP contribution < -0.4 is 10.6 Å². The fourth-order valence-corrected chi connectivity index (χ4v) is 1.84. The number of rotatable bonds is 7. The molecule has 0 unspecified atom stereocenters. The quantitative estimate of drug-likeness (QED) is 0.493. The summed E-state index contributed by atoms with van der Waals surface area (Å²) in [5.74, 6) is -1.05. The molecule has 11 heteroatoms. The molecule has 2 N–H and O–H groups in total. The van der Waals surface area contributed by atoms with Crippen LogP contribution in [0.15, 0.2) is 5.16 Å². The standard InChI is InChI=1S/C10H16N6O4S/c1-3-4-11-9(19)12-7(17)6-21-10-13-14-15-16(10)5-8(18)20-2/h3-6H2,1-2H3,(H2,11,12,17,19). The second kappa shape index (κ2) is 8.89. The SMILES string of the molecule is CCCNC(=O)NC(=O)CSc1nnnn1CC(=O)OC. The molecular weight excluding hydrogens is 300 g/mol. The Kier molecular flexibility index (Phi) is 7.15. The Bertz CT molecular complexity index is 505. The molecule has 0 radical (unpaired) electrons. The molecule has 1 rings (SSSR count). The molecule has 0 atom stereocenters. The number of ether oxygens (including phenoxy) is 1. The van der Waals surface area contributed by atoms with Gasteiger partial charge in [0.25, 0.3) is 0 Å². The van der Waals surface area contributed by atoms with Gasteiger partial charge in [-0.05, 0) is 16.8 Å². The number of thioether (sulfide) groups is 1. The number of urea groups is 1. The van der Waals surface area contributed by atoms with Crippen molar-refractivity contribution in [3.63, 3.8) is 0 Å². The number of esters is 1. The van der Waals surface area contributed by atoms with Crippen molar-refractivity contribution in [3.8, 4) is 0 Å². The molecule has 0 bridgehead atoms. The van der Waals surface area contributed by atoms with Gasteiger partial charge in [0.1, 0.15) is 6.54 Å². The third-order valence-corrected chi connectivity index (χ3v) is 3.08. The van der Waals surface area contributed by atoms with Crippen LogP contribution in [-0.2, 0) is 20.9 Å². The zero-order chi connectivity index (χ0) is 15.7. The molecule has 1 aromatic rings. The zero-order valence-corrected chi connectivity index (χ0v) is 12.5. The highest BCUT2D eigenvalue weighted by Gasteiger charge is 2.14. The molecule has 116 valence electrons. The molecular formula is C10H16N6O4S. The summed E-state index contributed by atoms with van der Waals surface area (Å²) in [6.07, 6.45) is 0.776. The van der Waals surface area contributed by atoms with Crippen LogP contribution in [0.2, 0.25) is 0 Å². The van der Waals surface area contributed by atoms with Crippen molar-refractivity contribution in [2.45, 2.75) is 25.0 Å². The maximum atomic E-state index is 11.5.